The molecular weight excluding hydrogens is 332 g/mol. The van der Waals surface area contributed by atoms with Gasteiger partial charge in [-0.15, -0.1) is 0 Å². The van der Waals surface area contributed by atoms with Crippen LogP contribution in [0, 0.1) is 0 Å². The van der Waals surface area contributed by atoms with Crippen LogP contribution in [0.1, 0.15) is 64.7 Å². The molecule has 0 aromatic rings. The number of hydrogen-bond donors (Lipinski definition) is 1. The van der Waals surface area contributed by atoms with Gasteiger partial charge in [0, 0.05) is 25.6 Å². The minimum Gasteiger partial charge on any atom is -0.341 e. The van der Waals surface area contributed by atoms with Crippen molar-refractivity contribution in [2.45, 2.75) is 70.8 Å². The Morgan fingerprint density at radius 2 is 1.41 bits per heavy atom. The average Bonchev–Trinajstić information content (AvgIpc) is 3.10. The Kier molecular flexibility index (Phi) is 14.0. The lowest BCUT2D eigenvalue weighted by Gasteiger charge is -2.15. The molecule has 3 heteroatoms. The normalized spacial score (nSPS) is 18.4. The molecule has 1 saturated heterocycles. The number of nitrogens with two attached hydrogens (primary N) is 1. The molecule has 0 aliphatic carbocycles. The first-order valence-corrected chi connectivity index (χ1v) is 10.5. The number of nitrogens with zero attached hydrogens (tertiary/aromatic N) is 1. The molecule has 1 amide bonds. The Morgan fingerprint density at radius 1 is 0.889 bits per heavy atom. The van der Waals surface area contributed by atoms with Crippen molar-refractivity contribution in [2.75, 3.05) is 13.1 Å². The molecule has 0 spiro atoms. The Balaban J connectivity index is 1.95. The van der Waals surface area contributed by atoms with Gasteiger partial charge >= 0.3 is 0 Å². The molecule has 1 atom stereocenters. The van der Waals surface area contributed by atoms with Crippen LogP contribution in [0.4, 0.5) is 0 Å². The van der Waals surface area contributed by atoms with Gasteiger partial charge in [0.25, 0.3) is 0 Å². The Hall–Kier alpha value is -1.87. The topological polar surface area (TPSA) is 46.3 Å². The van der Waals surface area contributed by atoms with Gasteiger partial charge in [0.15, 0.2) is 0 Å². The SMILES string of the molecule is CCC=CCC=CCC=CCC=CCC=CCCCC(=O)N1CC[C@H](N)C1. The lowest BCUT2D eigenvalue weighted by atomic mass is 10.2. The minimum absolute atomic E-state index is 0.180. The van der Waals surface area contributed by atoms with Crippen LogP contribution in [0.3, 0.4) is 0 Å². The molecule has 1 aliphatic rings. The summed E-state index contributed by atoms with van der Waals surface area (Å²) in [6.07, 6.45) is 30.6. The Morgan fingerprint density at radius 3 is 1.89 bits per heavy atom. The monoisotopic (exact) mass is 370 g/mol. The second kappa shape index (κ2) is 16.3. The van der Waals surface area contributed by atoms with Crippen LogP contribution in [-0.2, 0) is 4.79 Å². The van der Waals surface area contributed by atoms with E-state index < -0.39 is 0 Å². The molecule has 0 saturated carbocycles. The first kappa shape index (κ1) is 23.2. The number of carbonyl (C=O) groups is 1. The second-order valence-electron chi connectivity index (χ2n) is 6.99. The number of rotatable bonds is 13. The van der Waals surface area contributed by atoms with Crippen molar-refractivity contribution in [3.63, 3.8) is 0 Å². The van der Waals surface area contributed by atoms with Crippen molar-refractivity contribution in [1.82, 2.24) is 4.90 Å². The average molecular weight is 371 g/mol. The van der Waals surface area contributed by atoms with Crippen LogP contribution in [0.15, 0.2) is 60.8 Å². The van der Waals surface area contributed by atoms with E-state index in [1.165, 1.54) is 0 Å². The highest BCUT2D eigenvalue weighted by Crippen LogP contribution is 2.10. The summed E-state index contributed by atoms with van der Waals surface area (Å²) in [4.78, 5) is 13.9. The zero-order valence-corrected chi connectivity index (χ0v) is 17.1. The summed E-state index contributed by atoms with van der Waals surface area (Å²) in [5, 5.41) is 0. The summed E-state index contributed by atoms with van der Waals surface area (Å²) in [7, 11) is 0. The number of amides is 1. The zero-order valence-electron chi connectivity index (χ0n) is 17.1. The second-order valence-corrected chi connectivity index (χ2v) is 6.99. The van der Waals surface area contributed by atoms with Crippen molar-refractivity contribution in [1.29, 1.82) is 0 Å². The lowest BCUT2D eigenvalue weighted by molar-refractivity contribution is -0.130. The van der Waals surface area contributed by atoms with E-state index in [4.69, 9.17) is 5.73 Å². The van der Waals surface area contributed by atoms with Crippen molar-refractivity contribution >= 4 is 5.91 Å². The van der Waals surface area contributed by atoms with Gasteiger partial charge in [-0.05, 0) is 51.4 Å². The quantitative estimate of drug-likeness (QED) is 0.345. The summed E-state index contributed by atoms with van der Waals surface area (Å²) in [5.41, 5.74) is 5.84. The highest BCUT2D eigenvalue weighted by Gasteiger charge is 2.22. The summed E-state index contributed by atoms with van der Waals surface area (Å²) in [6.45, 7) is 3.73. The molecular formula is C24H38N2O. The highest BCUT2D eigenvalue weighted by atomic mass is 16.2. The van der Waals surface area contributed by atoms with E-state index in [0.29, 0.717) is 6.42 Å². The van der Waals surface area contributed by atoms with Crippen molar-refractivity contribution in [3.05, 3.63) is 60.8 Å². The van der Waals surface area contributed by atoms with Gasteiger partial charge in [-0.25, -0.2) is 0 Å². The fourth-order valence-corrected chi connectivity index (χ4v) is 2.91. The Labute approximate surface area is 166 Å². The number of hydrogen-bond acceptors (Lipinski definition) is 2. The molecule has 150 valence electrons. The highest BCUT2D eigenvalue weighted by molar-refractivity contribution is 5.76. The lowest BCUT2D eigenvalue weighted by Crippen LogP contribution is -2.31. The first-order chi connectivity index (χ1) is 13.2. The third-order valence-electron chi connectivity index (χ3n) is 4.50. The molecule has 1 aliphatic heterocycles. The van der Waals surface area contributed by atoms with E-state index in [1.807, 2.05) is 4.90 Å². The van der Waals surface area contributed by atoms with Crippen LogP contribution in [-0.4, -0.2) is 29.9 Å². The molecule has 1 heterocycles. The van der Waals surface area contributed by atoms with Crippen LogP contribution in [0.5, 0.6) is 0 Å². The van der Waals surface area contributed by atoms with Gasteiger partial charge < -0.3 is 10.6 Å². The smallest absolute Gasteiger partial charge is 0.222 e. The maximum Gasteiger partial charge on any atom is 0.222 e. The van der Waals surface area contributed by atoms with E-state index in [1.54, 1.807) is 0 Å². The zero-order chi connectivity index (χ0) is 19.6. The number of carbonyl (C=O) groups excluding carboxylic acids is 1. The molecule has 3 nitrogen and oxygen atoms in total. The molecule has 2 N–H and O–H groups in total. The molecule has 0 unspecified atom stereocenters. The fourth-order valence-electron chi connectivity index (χ4n) is 2.91. The van der Waals surface area contributed by atoms with E-state index in [9.17, 15) is 4.79 Å². The van der Waals surface area contributed by atoms with E-state index in [-0.39, 0.29) is 11.9 Å². The molecule has 0 bridgehead atoms. The van der Waals surface area contributed by atoms with Crippen molar-refractivity contribution in [3.8, 4) is 0 Å². The van der Waals surface area contributed by atoms with E-state index >= 15 is 0 Å². The molecule has 0 aromatic heterocycles. The first-order valence-electron chi connectivity index (χ1n) is 10.5. The van der Waals surface area contributed by atoms with Crippen LogP contribution in [0.2, 0.25) is 0 Å². The van der Waals surface area contributed by atoms with Gasteiger partial charge in [0.05, 0.1) is 0 Å². The standard InChI is InChI=1S/C24H38N2O/c1-2-3-4-5-6-7-8-9-10-11-12-13-14-15-16-17-18-19-24(27)26-21-20-23(25)22-26/h3-4,6-7,9-10,12-13,15-16,23H,2,5,8,11,14,17-22,25H2,1H3/t23-/m0/s1. The largest absolute Gasteiger partial charge is 0.341 e. The van der Waals surface area contributed by atoms with Gasteiger partial charge in [-0.3, -0.25) is 4.79 Å². The maximum absolute atomic E-state index is 12.0. The van der Waals surface area contributed by atoms with E-state index in [0.717, 1.165) is 64.5 Å². The van der Waals surface area contributed by atoms with E-state index in [2.05, 4.69) is 67.7 Å². The summed E-state index contributed by atoms with van der Waals surface area (Å²) >= 11 is 0. The molecule has 0 aromatic carbocycles. The van der Waals surface area contributed by atoms with Crippen LogP contribution in [0.25, 0.3) is 0 Å². The Bertz CT molecular complexity index is 528. The number of likely N-dealkylation sites (tertiary alicyclic amines) is 1. The molecule has 27 heavy (non-hydrogen) atoms. The summed E-state index contributed by atoms with van der Waals surface area (Å²) < 4.78 is 0. The van der Waals surface area contributed by atoms with Gasteiger partial charge in [0.1, 0.15) is 0 Å². The molecule has 1 rings (SSSR count). The third-order valence-corrected chi connectivity index (χ3v) is 4.50. The molecule has 1 fully saturated rings. The van der Waals surface area contributed by atoms with Crippen LogP contribution < -0.4 is 5.73 Å². The number of allylic oxidation sites excluding steroid dienone is 10. The maximum atomic E-state index is 12.0. The number of unbranched alkanes of at least 4 members (excludes halogenated alkanes) is 1. The summed E-state index contributed by atoms with van der Waals surface area (Å²) in [5.74, 6) is 0.260. The van der Waals surface area contributed by atoms with Crippen LogP contribution >= 0.6 is 0 Å². The summed E-state index contributed by atoms with van der Waals surface area (Å²) in [6, 6.07) is 0.180. The van der Waals surface area contributed by atoms with Gasteiger partial charge in [-0.2, -0.15) is 0 Å². The fraction of sp³-hybridized carbons (Fsp3) is 0.542. The third kappa shape index (κ3) is 13.0. The van der Waals surface area contributed by atoms with Crippen molar-refractivity contribution in [2.24, 2.45) is 5.73 Å². The van der Waals surface area contributed by atoms with Gasteiger partial charge in [-0.1, -0.05) is 67.7 Å². The predicted molar refractivity (Wildman–Crippen MR) is 117 cm³/mol. The minimum atomic E-state index is 0.180. The predicted octanol–water partition coefficient (Wildman–Crippen LogP) is 5.47. The molecule has 0 radical (unpaired) electrons. The van der Waals surface area contributed by atoms with Crippen molar-refractivity contribution < 1.29 is 4.79 Å². The van der Waals surface area contributed by atoms with Gasteiger partial charge in [0.2, 0.25) is 5.91 Å².